The zero-order valence-corrected chi connectivity index (χ0v) is 9.81. The van der Waals surface area contributed by atoms with Gasteiger partial charge in [0.15, 0.2) is 0 Å². The highest BCUT2D eigenvalue weighted by Gasteiger charge is 2.02. The van der Waals surface area contributed by atoms with Crippen molar-refractivity contribution < 1.29 is 4.79 Å². The molecule has 13 heavy (non-hydrogen) atoms. The molecule has 0 bridgehead atoms. The van der Waals surface area contributed by atoms with Crippen LogP contribution in [-0.4, -0.2) is 12.5 Å². The molecule has 0 aromatic carbocycles. The Balaban J connectivity index is 0. The minimum atomic E-state index is 0.188. The van der Waals surface area contributed by atoms with Crippen molar-refractivity contribution in [2.24, 2.45) is 5.92 Å². The van der Waals surface area contributed by atoms with E-state index in [1.807, 2.05) is 13.8 Å². The molecule has 1 N–H and O–H groups in total. The molecule has 0 aromatic heterocycles. The van der Waals surface area contributed by atoms with Crippen LogP contribution in [0.1, 0.15) is 53.9 Å². The smallest absolute Gasteiger partial charge is 0.220 e. The summed E-state index contributed by atoms with van der Waals surface area (Å²) >= 11 is 0. The molecule has 0 aliphatic rings. The van der Waals surface area contributed by atoms with Crippen LogP contribution in [0.15, 0.2) is 0 Å². The van der Waals surface area contributed by atoms with E-state index in [-0.39, 0.29) is 5.91 Å². The van der Waals surface area contributed by atoms with Crippen LogP contribution in [0.5, 0.6) is 0 Å². The van der Waals surface area contributed by atoms with E-state index >= 15 is 0 Å². The monoisotopic (exact) mass is 187 g/mol. The molecule has 0 aromatic rings. The molecule has 0 atom stereocenters. The van der Waals surface area contributed by atoms with Crippen LogP contribution in [-0.2, 0) is 4.79 Å². The zero-order chi connectivity index (χ0) is 10.7. The topological polar surface area (TPSA) is 29.1 Å². The number of carbonyl (C=O) groups is 1. The predicted octanol–water partition coefficient (Wildman–Crippen LogP) is 2.98. The van der Waals surface area contributed by atoms with E-state index in [9.17, 15) is 4.79 Å². The van der Waals surface area contributed by atoms with Gasteiger partial charge in [-0.15, -0.1) is 0 Å². The van der Waals surface area contributed by atoms with Gasteiger partial charge in [0, 0.05) is 13.0 Å². The maximum atomic E-state index is 11.0. The van der Waals surface area contributed by atoms with Crippen molar-refractivity contribution in [3.05, 3.63) is 0 Å². The van der Waals surface area contributed by atoms with Crippen LogP contribution >= 0.6 is 0 Å². The molecular weight excluding hydrogens is 162 g/mol. The van der Waals surface area contributed by atoms with Gasteiger partial charge in [-0.3, -0.25) is 4.79 Å². The Hall–Kier alpha value is -0.530. The second-order valence-electron chi connectivity index (χ2n) is 3.30. The Labute approximate surface area is 83.1 Å². The largest absolute Gasteiger partial charge is 0.356 e. The number of hydrogen-bond donors (Lipinski definition) is 1. The molecule has 0 heterocycles. The first-order valence-corrected chi connectivity index (χ1v) is 5.43. The van der Waals surface area contributed by atoms with Crippen molar-refractivity contribution in [2.75, 3.05) is 6.54 Å². The highest BCUT2D eigenvalue weighted by atomic mass is 16.1. The lowest BCUT2D eigenvalue weighted by Crippen LogP contribution is -2.25. The third-order valence-corrected chi connectivity index (χ3v) is 1.45. The van der Waals surface area contributed by atoms with Gasteiger partial charge in [-0.25, -0.2) is 0 Å². The lowest BCUT2D eigenvalue weighted by Gasteiger charge is -2.05. The number of rotatable bonds is 5. The molecule has 0 saturated heterocycles. The molecule has 0 aliphatic carbocycles. The quantitative estimate of drug-likeness (QED) is 0.659. The maximum Gasteiger partial charge on any atom is 0.220 e. The van der Waals surface area contributed by atoms with Gasteiger partial charge in [-0.1, -0.05) is 41.0 Å². The summed E-state index contributed by atoms with van der Waals surface area (Å²) in [5.74, 6) is 0.657. The van der Waals surface area contributed by atoms with Crippen molar-refractivity contribution in [1.29, 1.82) is 0 Å². The van der Waals surface area contributed by atoms with Gasteiger partial charge in [0.05, 0.1) is 0 Å². The van der Waals surface area contributed by atoms with Crippen molar-refractivity contribution in [1.82, 2.24) is 5.32 Å². The second kappa shape index (κ2) is 11.5. The highest BCUT2D eigenvalue weighted by Crippen LogP contribution is 1.97. The van der Waals surface area contributed by atoms with Crippen molar-refractivity contribution in [3.63, 3.8) is 0 Å². The lowest BCUT2D eigenvalue weighted by atomic mass is 10.1. The van der Waals surface area contributed by atoms with Gasteiger partial charge in [0.25, 0.3) is 0 Å². The van der Waals surface area contributed by atoms with E-state index in [1.165, 1.54) is 0 Å². The summed E-state index contributed by atoms with van der Waals surface area (Å²) < 4.78 is 0. The SMILES string of the molecule is CC.CCCCNC(=O)CC(C)C. The summed E-state index contributed by atoms with van der Waals surface area (Å²) in [4.78, 5) is 11.0. The Morgan fingerprint density at radius 2 is 1.85 bits per heavy atom. The summed E-state index contributed by atoms with van der Waals surface area (Å²) in [5.41, 5.74) is 0. The third-order valence-electron chi connectivity index (χ3n) is 1.45. The summed E-state index contributed by atoms with van der Waals surface area (Å²) in [5, 5.41) is 2.88. The Kier molecular flexibility index (Phi) is 13.2. The summed E-state index contributed by atoms with van der Waals surface area (Å²) in [6.07, 6.45) is 2.88. The highest BCUT2D eigenvalue weighted by molar-refractivity contribution is 5.75. The first-order chi connectivity index (χ1) is 6.16. The van der Waals surface area contributed by atoms with Crippen LogP contribution in [0, 0.1) is 5.92 Å². The minimum Gasteiger partial charge on any atom is -0.356 e. The van der Waals surface area contributed by atoms with Crippen molar-refractivity contribution in [3.8, 4) is 0 Å². The van der Waals surface area contributed by atoms with E-state index in [2.05, 4.69) is 26.1 Å². The fraction of sp³-hybridized carbons (Fsp3) is 0.909. The van der Waals surface area contributed by atoms with Crippen LogP contribution in [0.25, 0.3) is 0 Å². The fourth-order valence-corrected chi connectivity index (χ4v) is 0.848. The molecule has 1 amide bonds. The Morgan fingerprint density at radius 3 is 2.23 bits per heavy atom. The normalized spacial score (nSPS) is 9.08. The van der Waals surface area contributed by atoms with E-state index < -0.39 is 0 Å². The molecular formula is C11H25NO. The van der Waals surface area contributed by atoms with Crippen LogP contribution in [0.4, 0.5) is 0 Å². The minimum absolute atomic E-state index is 0.188. The first kappa shape index (κ1) is 15.0. The molecule has 0 fully saturated rings. The van der Waals surface area contributed by atoms with Gasteiger partial charge >= 0.3 is 0 Å². The molecule has 0 spiro atoms. The van der Waals surface area contributed by atoms with E-state index in [1.54, 1.807) is 0 Å². The molecule has 0 unspecified atom stereocenters. The summed E-state index contributed by atoms with van der Waals surface area (Å²) in [6.45, 7) is 11.1. The molecule has 2 nitrogen and oxygen atoms in total. The standard InChI is InChI=1S/C9H19NO.C2H6/c1-4-5-6-10-9(11)7-8(2)3;1-2/h8H,4-7H2,1-3H3,(H,10,11);1-2H3. The number of unbranched alkanes of at least 4 members (excludes halogenated alkanes) is 1. The number of hydrogen-bond acceptors (Lipinski definition) is 1. The lowest BCUT2D eigenvalue weighted by molar-refractivity contribution is -0.121. The van der Waals surface area contributed by atoms with Gasteiger partial charge < -0.3 is 5.32 Å². The van der Waals surface area contributed by atoms with Crippen LogP contribution < -0.4 is 5.32 Å². The fourth-order valence-electron chi connectivity index (χ4n) is 0.848. The average Bonchev–Trinajstić information content (AvgIpc) is 2.07. The predicted molar refractivity (Wildman–Crippen MR) is 58.7 cm³/mol. The van der Waals surface area contributed by atoms with Crippen molar-refractivity contribution in [2.45, 2.75) is 53.9 Å². The number of amides is 1. The Bertz CT molecular complexity index is 111. The number of nitrogens with one attached hydrogen (secondary N) is 1. The van der Waals surface area contributed by atoms with E-state index in [4.69, 9.17) is 0 Å². The van der Waals surface area contributed by atoms with Gasteiger partial charge in [-0.2, -0.15) is 0 Å². The van der Waals surface area contributed by atoms with E-state index in [0.717, 1.165) is 19.4 Å². The number of carbonyl (C=O) groups excluding carboxylic acids is 1. The van der Waals surface area contributed by atoms with E-state index in [0.29, 0.717) is 12.3 Å². The maximum absolute atomic E-state index is 11.0. The Morgan fingerprint density at radius 1 is 1.31 bits per heavy atom. The van der Waals surface area contributed by atoms with Gasteiger partial charge in [-0.05, 0) is 12.3 Å². The molecule has 0 aliphatic heterocycles. The average molecular weight is 187 g/mol. The zero-order valence-electron chi connectivity index (χ0n) is 9.81. The van der Waals surface area contributed by atoms with Crippen molar-refractivity contribution >= 4 is 5.91 Å². The van der Waals surface area contributed by atoms with Crippen LogP contribution in [0.2, 0.25) is 0 Å². The third kappa shape index (κ3) is 14.3. The molecule has 0 rings (SSSR count). The van der Waals surface area contributed by atoms with Gasteiger partial charge in [0.1, 0.15) is 0 Å². The molecule has 80 valence electrons. The van der Waals surface area contributed by atoms with Gasteiger partial charge in [0.2, 0.25) is 5.91 Å². The summed E-state index contributed by atoms with van der Waals surface area (Å²) in [7, 11) is 0. The first-order valence-electron chi connectivity index (χ1n) is 5.43. The van der Waals surface area contributed by atoms with Crippen LogP contribution in [0.3, 0.4) is 0 Å². The molecule has 0 saturated carbocycles. The summed E-state index contributed by atoms with van der Waals surface area (Å²) in [6, 6.07) is 0. The molecule has 0 radical (unpaired) electrons. The molecule has 2 heteroatoms. The second-order valence-corrected chi connectivity index (χ2v) is 3.30.